The molecule has 2 rings (SSSR count). The van der Waals surface area contributed by atoms with Gasteiger partial charge in [0, 0.05) is 29.9 Å². The maximum atomic E-state index is 13.1. The molecule has 1 saturated heterocycles. The molecule has 1 fully saturated rings. The highest BCUT2D eigenvalue weighted by atomic mass is 16.6. The van der Waals surface area contributed by atoms with Gasteiger partial charge in [-0.2, -0.15) is 0 Å². The number of hydrogen-bond acceptors (Lipinski definition) is 3. The van der Waals surface area contributed by atoms with Crippen LogP contribution in [0.1, 0.15) is 89.7 Å². The third kappa shape index (κ3) is 5.04. The van der Waals surface area contributed by atoms with Gasteiger partial charge in [0.2, 0.25) is 0 Å². The Bertz CT molecular complexity index is 652. The molecule has 0 amide bonds. The van der Waals surface area contributed by atoms with Crippen molar-refractivity contribution in [2.24, 2.45) is 5.92 Å². The molecular formula is C23H38NO3+. The van der Waals surface area contributed by atoms with E-state index in [1.54, 1.807) is 12.1 Å². The smallest absolute Gasteiger partial charge is 0.338 e. The number of phenolic OH excluding ortho intramolecular Hbond substituents is 1. The van der Waals surface area contributed by atoms with Crippen molar-refractivity contribution in [2.75, 3.05) is 13.1 Å². The molecule has 1 heterocycles. The monoisotopic (exact) mass is 376 g/mol. The third-order valence-corrected chi connectivity index (χ3v) is 5.74. The highest BCUT2D eigenvalue weighted by Gasteiger charge is 2.36. The molecule has 1 aliphatic rings. The van der Waals surface area contributed by atoms with E-state index in [-0.39, 0.29) is 22.5 Å². The van der Waals surface area contributed by atoms with Crippen molar-refractivity contribution < 1.29 is 20.0 Å². The van der Waals surface area contributed by atoms with Crippen LogP contribution in [-0.4, -0.2) is 29.8 Å². The van der Waals surface area contributed by atoms with Gasteiger partial charge in [0.1, 0.15) is 11.4 Å². The first-order valence-electron chi connectivity index (χ1n) is 10.2. The zero-order valence-corrected chi connectivity index (χ0v) is 18.4. The highest BCUT2D eigenvalue weighted by molar-refractivity contribution is 5.91. The number of phenols is 1. The molecular weight excluding hydrogens is 338 g/mol. The van der Waals surface area contributed by atoms with Gasteiger partial charge in [0.15, 0.2) is 0 Å². The van der Waals surface area contributed by atoms with E-state index in [1.165, 1.54) is 0 Å². The lowest BCUT2D eigenvalue weighted by Gasteiger charge is -2.35. The minimum Gasteiger partial charge on any atom is -0.507 e. The van der Waals surface area contributed by atoms with Crippen molar-refractivity contribution in [3.63, 3.8) is 0 Å². The predicted molar refractivity (Wildman–Crippen MR) is 109 cm³/mol. The molecule has 4 nitrogen and oxygen atoms in total. The lowest BCUT2D eigenvalue weighted by molar-refractivity contribution is -0.665. The molecule has 0 unspecified atom stereocenters. The Hall–Kier alpha value is -1.55. The largest absolute Gasteiger partial charge is 0.507 e. The number of aromatic hydroxyl groups is 1. The normalized spacial score (nSPS) is 17.0. The quantitative estimate of drug-likeness (QED) is 0.787. The summed E-state index contributed by atoms with van der Waals surface area (Å²) in [5.41, 5.74) is 1.06. The van der Waals surface area contributed by atoms with Gasteiger partial charge in [0.05, 0.1) is 18.7 Å². The summed E-state index contributed by atoms with van der Waals surface area (Å²) in [7, 11) is 0. The molecule has 0 spiro atoms. The Balaban J connectivity index is 2.40. The summed E-state index contributed by atoms with van der Waals surface area (Å²) in [5, 5.41) is 13.2. The average Bonchev–Trinajstić information content (AvgIpc) is 2.53. The third-order valence-electron chi connectivity index (χ3n) is 5.74. The summed E-state index contributed by atoms with van der Waals surface area (Å²) >= 11 is 0. The van der Waals surface area contributed by atoms with Crippen LogP contribution in [0.4, 0.5) is 0 Å². The van der Waals surface area contributed by atoms with Crippen LogP contribution in [0.25, 0.3) is 0 Å². The predicted octanol–water partition coefficient (Wildman–Crippen LogP) is 3.90. The van der Waals surface area contributed by atoms with E-state index in [0.717, 1.165) is 37.1 Å². The molecule has 1 aromatic carbocycles. The molecule has 0 aliphatic carbocycles. The van der Waals surface area contributed by atoms with E-state index in [0.29, 0.717) is 11.5 Å². The molecule has 152 valence electrons. The summed E-state index contributed by atoms with van der Waals surface area (Å²) in [4.78, 5) is 13.1. The summed E-state index contributed by atoms with van der Waals surface area (Å²) in [6.07, 6.45) is 2.13. The Labute approximate surface area is 164 Å². The maximum absolute atomic E-state index is 13.1. The van der Waals surface area contributed by atoms with Gasteiger partial charge in [-0.25, -0.2) is 4.79 Å². The van der Waals surface area contributed by atoms with E-state index < -0.39 is 5.60 Å². The van der Waals surface area contributed by atoms with Crippen LogP contribution in [0.3, 0.4) is 0 Å². The molecule has 0 radical (unpaired) electrons. The summed E-state index contributed by atoms with van der Waals surface area (Å²) in [5.74, 6) is 0.368. The van der Waals surface area contributed by atoms with Gasteiger partial charge in [0.25, 0.3) is 0 Å². The van der Waals surface area contributed by atoms with Crippen LogP contribution < -0.4 is 5.32 Å². The molecule has 1 aromatic rings. The fourth-order valence-electron chi connectivity index (χ4n) is 3.90. The Morgan fingerprint density at radius 2 is 1.41 bits per heavy atom. The fourth-order valence-corrected chi connectivity index (χ4v) is 3.90. The van der Waals surface area contributed by atoms with Gasteiger partial charge in [-0.15, -0.1) is 0 Å². The number of ether oxygens (including phenoxy) is 1. The first-order valence-corrected chi connectivity index (χ1v) is 10.2. The number of benzene rings is 1. The van der Waals surface area contributed by atoms with Crippen LogP contribution in [0.2, 0.25) is 0 Å². The van der Waals surface area contributed by atoms with E-state index in [2.05, 4.69) is 5.32 Å². The average molecular weight is 377 g/mol. The van der Waals surface area contributed by atoms with Crippen molar-refractivity contribution in [1.29, 1.82) is 0 Å². The lowest BCUT2D eigenvalue weighted by atomic mass is 9.78. The molecule has 0 bridgehead atoms. The van der Waals surface area contributed by atoms with Crippen LogP contribution >= 0.6 is 0 Å². The number of carbonyl (C=O) groups excluding carboxylic acids is 1. The first-order chi connectivity index (χ1) is 12.2. The van der Waals surface area contributed by atoms with Crippen molar-refractivity contribution in [3.8, 4) is 5.75 Å². The molecule has 4 heteroatoms. The number of esters is 1. The zero-order valence-electron chi connectivity index (χ0n) is 18.4. The molecule has 27 heavy (non-hydrogen) atoms. The number of quaternary nitrogens is 1. The molecule has 1 aliphatic heterocycles. The van der Waals surface area contributed by atoms with E-state index >= 15 is 0 Å². The van der Waals surface area contributed by atoms with E-state index in [9.17, 15) is 9.90 Å². The van der Waals surface area contributed by atoms with Crippen molar-refractivity contribution in [3.05, 3.63) is 28.8 Å². The van der Waals surface area contributed by atoms with Crippen LogP contribution in [-0.2, 0) is 15.6 Å². The Kier molecular flexibility index (Phi) is 6.01. The van der Waals surface area contributed by atoms with Gasteiger partial charge in [-0.05, 0) is 36.8 Å². The van der Waals surface area contributed by atoms with Crippen molar-refractivity contribution >= 4 is 5.97 Å². The summed E-state index contributed by atoms with van der Waals surface area (Å²) in [6.45, 7) is 18.5. The zero-order chi connectivity index (χ0) is 20.6. The fraction of sp³-hybridized carbons (Fsp3) is 0.696. The SMILES string of the molecule is CC(C)(C)c1cc(C(=O)OC(C)(C)C2CC[NH2+]CC2)cc(C(C)(C)C)c1O. The maximum Gasteiger partial charge on any atom is 0.338 e. The van der Waals surface area contributed by atoms with Gasteiger partial charge in [-0.3, -0.25) is 0 Å². The van der Waals surface area contributed by atoms with E-state index in [1.807, 2.05) is 55.4 Å². The topological polar surface area (TPSA) is 63.1 Å². The Morgan fingerprint density at radius 1 is 0.963 bits per heavy atom. The first kappa shape index (κ1) is 21.7. The number of nitrogens with two attached hydrogens (primary N) is 1. The summed E-state index contributed by atoms with van der Waals surface area (Å²) < 4.78 is 6.00. The minimum atomic E-state index is -0.493. The molecule has 0 atom stereocenters. The molecule has 0 aromatic heterocycles. The number of carbonyl (C=O) groups is 1. The Morgan fingerprint density at radius 3 is 1.81 bits per heavy atom. The molecule has 3 N–H and O–H groups in total. The van der Waals surface area contributed by atoms with Crippen LogP contribution in [0, 0.1) is 5.92 Å². The van der Waals surface area contributed by atoms with Crippen molar-refractivity contribution in [1.82, 2.24) is 0 Å². The van der Waals surface area contributed by atoms with Gasteiger partial charge < -0.3 is 15.2 Å². The number of hydrogen-bond donors (Lipinski definition) is 2. The second kappa shape index (κ2) is 7.46. The summed E-state index contributed by atoms with van der Waals surface area (Å²) in [6, 6.07) is 3.61. The van der Waals surface area contributed by atoms with Crippen LogP contribution in [0.5, 0.6) is 5.75 Å². The van der Waals surface area contributed by atoms with Crippen molar-refractivity contribution in [2.45, 2.75) is 84.7 Å². The lowest BCUT2D eigenvalue weighted by Crippen LogP contribution is -2.86. The number of piperidine rings is 1. The molecule has 0 saturated carbocycles. The van der Waals surface area contributed by atoms with Crippen LogP contribution in [0.15, 0.2) is 12.1 Å². The van der Waals surface area contributed by atoms with Gasteiger partial charge in [-0.1, -0.05) is 41.5 Å². The van der Waals surface area contributed by atoms with E-state index in [4.69, 9.17) is 4.74 Å². The highest BCUT2D eigenvalue weighted by Crippen LogP contribution is 2.40. The second-order valence-electron chi connectivity index (χ2n) is 10.6. The standard InChI is InChI=1S/C23H37NO3/c1-21(2,3)17-13-15(14-18(19(17)25)22(4,5)6)20(26)27-23(7,8)16-9-11-24-12-10-16/h13-14,16,24-25H,9-12H2,1-8H3/p+1. The minimum absolute atomic E-state index is 0.269. The second-order valence-corrected chi connectivity index (χ2v) is 10.6. The number of rotatable bonds is 3. The van der Waals surface area contributed by atoms with Gasteiger partial charge >= 0.3 is 5.97 Å².